The molecule has 0 aromatic heterocycles. The standard InChI is InChI=1S/C50H83F10NO9/c1-4-7-8-9-10-11-12-13-14-15-16-17-18-19-24-30-43(62)68-39-42(41-70-46(64)67-38-29-35-61(5-2)6-3)40-69-44(63)31-32-45(65-36-27-22-20-25-33-47(51,52)49(55,56)57)66-37-28-23-21-26-34-48(53,54)50(58,59)60/h10-11,13-14,42,45H,4-9,12,15-41H2,1-3H3/b11-10-,14-13-. The van der Waals surface area contributed by atoms with Gasteiger partial charge in [-0.15, -0.1) is 0 Å². The quantitative estimate of drug-likeness (QED) is 0.0146. The monoisotopic (exact) mass is 1030 g/mol. The highest BCUT2D eigenvalue weighted by Crippen LogP contribution is 2.40. The number of rotatable bonds is 45. The number of hydrogen-bond acceptors (Lipinski definition) is 10. The molecule has 0 heterocycles. The van der Waals surface area contributed by atoms with Gasteiger partial charge >= 0.3 is 42.3 Å². The van der Waals surface area contributed by atoms with Crippen molar-refractivity contribution in [1.82, 2.24) is 4.90 Å². The van der Waals surface area contributed by atoms with Crippen molar-refractivity contribution < 1.29 is 86.7 Å². The Bertz CT molecular complexity index is 1340. The van der Waals surface area contributed by atoms with Gasteiger partial charge in [0.05, 0.1) is 18.9 Å². The van der Waals surface area contributed by atoms with Gasteiger partial charge in [-0.2, -0.15) is 43.9 Å². The molecular formula is C50H83F10NO9. The van der Waals surface area contributed by atoms with Crippen molar-refractivity contribution in [2.75, 3.05) is 59.3 Å². The van der Waals surface area contributed by atoms with E-state index in [0.29, 0.717) is 12.8 Å². The maximum absolute atomic E-state index is 13.2. The molecule has 0 rings (SSSR count). The van der Waals surface area contributed by atoms with Crippen LogP contribution < -0.4 is 0 Å². The number of hydrogen-bond donors (Lipinski definition) is 0. The Morgan fingerprint density at radius 2 is 0.943 bits per heavy atom. The Kier molecular flexibility index (Phi) is 38.6. The molecule has 0 aliphatic carbocycles. The van der Waals surface area contributed by atoms with Gasteiger partial charge in [0.1, 0.15) is 19.8 Å². The minimum absolute atomic E-state index is 0.0204. The molecule has 0 aliphatic rings. The highest BCUT2D eigenvalue weighted by atomic mass is 19.4. The smallest absolute Gasteiger partial charge is 0.465 e. The molecule has 0 fully saturated rings. The number of carbonyl (C=O) groups is 3. The molecule has 0 aromatic rings. The molecule has 0 aliphatic heterocycles. The van der Waals surface area contributed by atoms with Gasteiger partial charge in [-0.3, -0.25) is 9.59 Å². The molecule has 1 atom stereocenters. The van der Waals surface area contributed by atoms with E-state index in [1.54, 1.807) is 0 Å². The molecule has 0 N–H and O–H groups in total. The Morgan fingerprint density at radius 1 is 0.486 bits per heavy atom. The molecule has 0 spiro atoms. The fourth-order valence-corrected chi connectivity index (χ4v) is 6.77. The Morgan fingerprint density at radius 3 is 1.46 bits per heavy atom. The fraction of sp³-hybridized carbons (Fsp3) is 0.860. The molecular weight excluding hydrogens is 949 g/mol. The zero-order chi connectivity index (χ0) is 52.6. The molecule has 70 heavy (non-hydrogen) atoms. The summed E-state index contributed by atoms with van der Waals surface area (Å²) >= 11 is 0. The number of nitrogens with zero attached hydrogens (tertiary/aromatic N) is 1. The lowest BCUT2D eigenvalue weighted by atomic mass is 10.1. The molecule has 1 unspecified atom stereocenters. The van der Waals surface area contributed by atoms with Gasteiger partial charge in [-0.05, 0) is 83.7 Å². The van der Waals surface area contributed by atoms with Crippen LogP contribution in [-0.4, -0.2) is 113 Å². The normalized spacial score (nSPS) is 13.2. The van der Waals surface area contributed by atoms with Crippen LogP contribution in [0.25, 0.3) is 0 Å². The van der Waals surface area contributed by atoms with Crippen molar-refractivity contribution in [2.45, 2.75) is 212 Å². The zero-order valence-electron chi connectivity index (χ0n) is 41.9. The summed E-state index contributed by atoms with van der Waals surface area (Å²) in [7, 11) is 0. The van der Waals surface area contributed by atoms with E-state index in [9.17, 15) is 58.3 Å². The van der Waals surface area contributed by atoms with Gasteiger partial charge < -0.3 is 33.3 Å². The number of halogens is 10. The highest BCUT2D eigenvalue weighted by molar-refractivity contribution is 5.69. The minimum atomic E-state index is -5.64. The van der Waals surface area contributed by atoms with E-state index in [4.69, 9.17) is 28.4 Å². The number of alkyl halides is 10. The van der Waals surface area contributed by atoms with Crippen molar-refractivity contribution in [1.29, 1.82) is 0 Å². The third-order valence-corrected chi connectivity index (χ3v) is 11.3. The van der Waals surface area contributed by atoms with E-state index >= 15 is 0 Å². The maximum atomic E-state index is 13.2. The number of allylic oxidation sites excluding steroid dienone is 4. The van der Waals surface area contributed by atoms with Crippen LogP contribution in [0.5, 0.6) is 0 Å². The van der Waals surface area contributed by atoms with Crippen molar-refractivity contribution in [3.05, 3.63) is 24.3 Å². The van der Waals surface area contributed by atoms with Crippen molar-refractivity contribution >= 4 is 18.1 Å². The largest absolute Gasteiger partial charge is 0.508 e. The lowest BCUT2D eigenvalue weighted by Crippen LogP contribution is -2.36. The van der Waals surface area contributed by atoms with E-state index < -0.39 is 67.3 Å². The van der Waals surface area contributed by atoms with E-state index in [0.717, 1.165) is 64.6 Å². The first-order chi connectivity index (χ1) is 33.2. The average Bonchev–Trinajstić information content (AvgIpc) is 3.29. The molecule has 0 bridgehead atoms. The first-order valence-electron chi connectivity index (χ1n) is 25.4. The third-order valence-electron chi connectivity index (χ3n) is 11.3. The maximum Gasteiger partial charge on any atom is 0.508 e. The average molecular weight is 1030 g/mol. The summed E-state index contributed by atoms with van der Waals surface area (Å²) in [6, 6.07) is 0. The van der Waals surface area contributed by atoms with Crippen LogP contribution >= 0.6 is 0 Å². The molecule has 10 nitrogen and oxygen atoms in total. The Balaban J connectivity index is 5.16. The molecule has 0 radical (unpaired) electrons. The van der Waals surface area contributed by atoms with Crippen LogP contribution in [0, 0.1) is 5.92 Å². The molecule has 0 saturated heterocycles. The van der Waals surface area contributed by atoms with E-state index in [1.165, 1.54) is 19.3 Å². The summed E-state index contributed by atoms with van der Waals surface area (Å²) in [5.74, 6) is -11.5. The highest BCUT2D eigenvalue weighted by Gasteiger charge is 2.57. The van der Waals surface area contributed by atoms with Crippen LogP contribution in [0.15, 0.2) is 24.3 Å². The van der Waals surface area contributed by atoms with Gasteiger partial charge in [0, 0.05) is 45.4 Å². The number of unbranched alkanes of at least 4 members (excludes halogenated alkanes) is 14. The van der Waals surface area contributed by atoms with Crippen molar-refractivity contribution in [3.63, 3.8) is 0 Å². The topological polar surface area (TPSA) is 110 Å². The summed E-state index contributed by atoms with van der Waals surface area (Å²) in [4.78, 5) is 40.1. The van der Waals surface area contributed by atoms with Crippen LogP contribution in [-0.2, 0) is 38.0 Å². The summed E-state index contributed by atoms with van der Waals surface area (Å²) in [6.45, 7) is 7.88. The SMILES string of the molecule is CCCCC/C=C\C/C=C\CCCCCCCC(=O)OCC(COC(=O)CCC(OCCCCCCC(F)(F)C(F)(F)F)OCCCCCCC(F)(F)C(F)(F)F)COC(=O)OCCCN(CC)CC. The van der Waals surface area contributed by atoms with Gasteiger partial charge in [0.15, 0.2) is 6.29 Å². The lowest BCUT2D eigenvalue weighted by Gasteiger charge is -2.20. The molecule has 0 aromatic carbocycles. The molecule has 0 amide bonds. The number of ether oxygens (including phenoxy) is 6. The van der Waals surface area contributed by atoms with Crippen LogP contribution in [0.3, 0.4) is 0 Å². The van der Waals surface area contributed by atoms with E-state index in [1.807, 2.05) is 13.8 Å². The summed E-state index contributed by atoms with van der Waals surface area (Å²) in [5.41, 5.74) is 0. The Labute approximate surface area is 410 Å². The van der Waals surface area contributed by atoms with Crippen molar-refractivity contribution in [2.24, 2.45) is 5.92 Å². The van der Waals surface area contributed by atoms with Crippen LogP contribution in [0.1, 0.15) is 181 Å². The fourth-order valence-electron chi connectivity index (χ4n) is 6.77. The van der Waals surface area contributed by atoms with Gasteiger partial charge in [-0.25, -0.2) is 4.79 Å². The summed E-state index contributed by atoms with van der Waals surface area (Å²) < 4.78 is 160. The summed E-state index contributed by atoms with van der Waals surface area (Å²) in [5, 5.41) is 0. The van der Waals surface area contributed by atoms with Crippen LogP contribution in [0.4, 0.5) is 48.7 Å². The first-order valence-corrected chi connectivity index (χ1v) is 25.4. The van der Waals surface area contributed by atoms with Crippen LogP contribution in [0.2, 0.25) is 0 Å². The van der Waals surface area contributed by atoms with Gasteiger partial charge in [0.25, 0.3) is 0 Å². The number of carbonyl (C=O) groups excluding carboxylic acids is 3. The van der Waals surface area contributed by atoms with E-state index in [2.05, 4.69) is 36.1 Å². The molecule has 412 valence electrons. The number of esters is 2. The summed E-state index contributed by atoms with van der Waals surface area (Å²) in [6.07, 6.45) is 4.90. The van der Waals surface area contributed by atoms with Gasteiger partial charge in [-0.1, -0.05) is 103 Å². The van der Waals surface area contributed by atoms with Crippen molar-refractivity contribution in [3.8, 4) is 0 Å². The third kappa shape index (κ3) is 36.7. The predicted octanol–water partition coefficient (Wildman–Crippen LogP) is 14.8. The van der Waals surface area contributed by atoms with Gasteiger partial charge in [0.2, 0.25) is 0 Å². The minimum Gasteiger partial charge on any atom is -0.465 e. The second-order valence-electron chi connectivity index (χ2n) is 17.4. The van der Waals surface area contributed by atoms with E-state index in [-0.39, 0.29) is 110 Å². The second-order valence-corrected chi connectivity index (χ2v) is 17.4. The Hall–Kier alpha value is -3.13. The zero-order valence-corrected chi connectivity index (χ0v) is 41.9. The second kappa shape index (κ2) is 40.4. The molecule has 0 saturated carbocycles. The molecule has 20 heteroatoms. The predicted molar refractivity (Wildman–Crippen MR) is 248 cm³/mol. The first kappa shape index (κ1) is 66.9. The lowest BCUT2D eigenvalue weighted by molar-refractivity contribution is -0.284.